The van der Waals surface area contributed by atoms with Gasteiger partial charge in [-0.2, -0.15) is 8.78 Å². The molecule has 0 aliphatic carbocycles. The molecule has 17 heavy (non-hydrogen) atoms. The van der Waals surface area contributed by atoms with Gasteiger partial charge in [-0.15, -0.1) is 0 Å². The molecule has 0 unspecified atom stereocenters. The molecule has 0 aliphatic heterocycles. The van der Waals surface area contributed by atoms with Gasteiger partial charge in [0.15, 0.2) is 5.78 Å². The molecule has 2 N–H and O–H groups in total. The van der Waals surface area contributed by atoms with Gasteiger partial charge in [0.25, 0.3) is 6.43 Å². The average molecular weight is 251 g/mol. The summed E-state index contributed by atoms with van der Waals surface area (Å²) in [6.45, 7) is -2.25. The van der Waals surface area contributed by atoms with Crippen LogP contribution in [0.3, 0.4) is 0 Å². The van der Waals surface area contributed by atoms with Gasteiger partial charge in [0.05, 0.1) is 11.1 Å². The summed E-state index contributed by atoms with van der Waals surface area (Å²) in [4.78, 5) is 11.1. The molecule has 0 aliphatic rings. The Morgan fingerprint density at radius 1 is 1.29 bits per heavy atom. The van der Waals surface area contributed by atoms with Crippen LogP contribution in [0.15, 0.2) is 12.1 Å². The lowest BCUT2D eigenvalue weighted by Gasteiger charge is -2.14. The van der Waals surface area contributed by atoms with Gasteiger partial charge >= 0.3 is 6.61 Å². The lowest BCUT2D eigenvalue weighted by atomic mass is 10.0. The fraction of sp³-hybridized carbons (Fsp3) is 0.300. The second-order valence-corrected chi connectivity index (χ2v) is 3.22. The molecule has 0 radical (unpaired) electrons. The van der Waals surface area contributed by atoms with E-state index in [2.05, 4.69) is 4.74 Å². The molecule has 1 aromatic carbocycles. The fourth-order valence-corrected chi connectivity index (χ4v) is 1.32. The highest BCUT2D eigenvalue weighted by atomic mass is 19.3. The highest BCUT2D eigenvalue weighted by Crippen LogP contribution is 2.35. The third-order valence-electron chi connectivity index (χ3n) is 1.96. The van der Waals surface area contributed by atoms with Crippen molar-refractivity contribution >= 4 is 11.5 Å². The van der Waals surface area contributed by atoms with Gasteiger partial charge in [-0.3, -0.25) is 4.79 Å². The Kier molecular flexibility index (Phi) is 3.93. The van der Waals surface area contributed by atoms with Gasteiger partial charge in [0, 0.05) is 5.69 Å². The van der Waals surface area contributed by atoms with Crippen LogP contribution in [0.2, 0.25) is 0 Å². The van der Waals surface area contributed by atoms with Crippen LogP contribution >= 0.6 is 0 Å². The molecule has 1 aromatic rings. The average Bonchev–Trinajstić information content (AvgIpc) is 2.18. The number of benzene rings is 1. The zero-order valence-corrected chi connectivity index (χ0v) is 8.72. The van der Waals surface area contributed by atoms with Crippen molar-refractivity contribution < 1.29 is 27.1 Å². The van der Waals surface area contributed by atoms with Crippen LogP contribution in [-0.2, 0) is 0 Å². The third kappa shape index (κ3) is 3.08. The SMILES string of the molecule is CC(=O)c1cc(N)cc(C(F)F)c1OC(F)F. The molecule has 0 heterocycles. The number of nitrogen functional groups attached to an aromatic ring is 1. The number of nitrogens with two attached hydrogens (primary N) is 1. The number of rotatable bonds is 4. The number of ketones is 1. The molecule has 3 nitrogen and oxygen atoms in total. The van der Waals surface area contributed by atoms with Crippen molar-refractivity contribution in [3.05, 3.63) is 23.3 Å². The number of ether oxygens (including phenoxy) is 1. The quantitative estimate of drug-likeness (QED) is 0.508. The van der Waals surface area contributed by atoms with Crippen molar-refractivity contribution in [2.45, 2.75) is 20.0 Å². The molecule has 0 saturated carbocycles. The van der Waals surface area contributed by atoms with E-state index >= 15 is 0 Å². The number of hydrogen-bond acceptors (Lipinski definition) is 3. The maximum Gasteiger partial charge on any atom is 0.387 e. The summed E-state index contributed by atoms with van der Waals surface area (Å²) in [6.07, 6.45) is -3.06. The van der Waals surface area contributed by atoms with Crippen LogP contribution in [0.5, 0.6) is 5.75 Å². The monoisotopic (exact) mass is 251 g/mol. The van der Waals surface area contributed by atoms with Crippen LogP contribution in [0.1, 0.15) is 29.3 Å². The maximum absolute atomic E-state index is 12.6. The topological polar surface area (TPSA) is 52.3 Å². The largest absolute Gasteiger partial charge is 0.434 e. The fourth-order valence-electron chi connectivity index (χ4n) is 1.32. The second-order valence-electron chi connectivity index (χ2n) is 3.22. The van der Waals surface area contributed by atoms with Crippen LogP contribution < -0.4 is 10.5 Å². The summed E-state index contributed by atoms with van der Waals surface area (Å²) in [5.74, 6) is -1.51. The Hall–Kier alpha value is -1.79. The van der Waals surface area contributed by atoms with Crippen molar-refractivity contribution in [2.24, 2.45) is 0 Å². The van der Waals surface area contributed by atoms with Gasteiger partial charge in [-0.25, -0.2) is 8.78 Å². The van der Waals surface area contributed by atoms with Crippen LogP contribution in [0, 0.1) is 0 Å². The normalized spacial score (nSPS) is 11.0. The minimum absolute atomic E-state index is 0.118. The summed E-state index contributed by atoms with van der Waals surface area (Å²) < 4.78 is 53.4. The van der Waals surface area contributed by atoms with Gasteiger partial charge in [-0.1, -0.05) is 0 Å². The van der Waals surface area contributed by atoms with Crippen molar-refractivity contribution in [2.75, 3.05) is 5.73 Å². The molecular weight excluding hydrogens is 242 g/mol. The van der Waals surface area contributed by atoms with E-state index in [1.165, 1.54) is 0 Å². The summed E-state index contributed by atoms with van der Waals surface area (Å²) in [5.41, 5.74) is 3.98. The van der Waals surface area contributed by atoms with Crippen LogP contribution in [-0.4, -0.2) is 12.4 Å². The Morgan fingerprint density at radius 2 is 1.88 bits per heavy atom. The van der Waals surface area contributed by atoms with E-state index in [0.29, 0.717) is 0 Å². The van der Waals surface area contributed by atoms with Crippen molar-refractivity contribution in [3.8, 4) is 5.75 Å². The maximum atomic E-state index is 12.6. The first-order valence-electron chi connectivity index (χ1n) is 4.50. The Balaban J connectivity index is 3.41. The number of halogens is 4. The number of carbonyl (C=O) groups is 1. The van der Waals surface area contributed by atoms with Gasteiger partial charge < -0.3 is 10.5 Å². The minimum Gasteiger partial charge on any atom is -0.434 e. The van der Waals surface area contributed by atoms with E-state index in [9.17, 15) is 22.4 Å². The molecule has 0 spiro atoms. The molecule has 0 amide bonds. The summed E-state index contributed by atoms with van der Waals surface area (Å²) in [7, 11) is 0. The zero-order chi connectivity index (χ0) is 13.2. The van der Waals surface area contributed by atoms with Gasteiger partial charge in [0.1, 0.15) is 5.75 Å². The molecule has 7 heteroatoms. The smallest absolute Gasteiger partial charge is 0.387 e. The molecular formula is C10H9F4NO2. The van der Waals surface area contributed by atoms with Crippen molar-refractivity contribution in [1.29, 1.82) is 0 Å². The summed E-state index contributed by atoms with van der Waals surface area (Å²) >= 11 is 0. The second kappa shape index (κ2) is 5.03. The number of anilines is 1. The first kappa shape index (κ1) is 13.3. The van der Waals surface area contributed by atoms with Crippen molar-refractivity contribution in [1.82, 2.24) is 0 Å². The standard InChI is InChI=1S/C10H9F4NO2/c1-4(16)6-2-5(15)3-7(9(11)12)8(6)17-10(13)14/h2-3,9-10H,15H2,1H3. The van der Waals surface area contributed by atoms with Gasteiger partial charge in [0.2, 0.25) is 0 Å². The van der Waals surface area contributed by atoms with E-state index in [1.54, 1.807) is 0 Å². The Labute approximate surface area is 94.2 Å². The molecule has 0 aromatic heterocycles. The highest BCUT2D eigenvalue weighted by molar-refractivity contribution is 5.98. The van der Waals surface area contributed by atoms with E-state index in [1.807, 2.05) is 0 Å². The predicted octanol–water partition coefficient (Wildman–Crippen LogP) is 3.01. The lowest BCUT2D eigenvalue weighted by molar-refractivity contribution is -0.0522. The molecule has 0 fully saturated rings. The van der Waals surface area contributed by atoms with Crippen LogP contribution in [0.25, 0.3) is 0 Å². The molecule has 94 valence electrons. The Morgan fingerprint density at radius 3 is 2.29 bits per heavy atom. The van der Waals surface area contributed by atoms with E-state index in [4.69, 9.17) is 5.73 Å². The van der Waals surface area contributed by atoms with Gasteiger partial charge in [-0.05, 0) is 19.1 Å². The summed E-state index contributed by atoms with van der Waals surface area (Å²) in [5, 5.41) is 0. The van der Waals surface area contributed by atoms with Crippen molar-refractivity contribution in [3.63, 3.8) is 0 Å². The van der Waals surface area contributed by atoms with E-state index < -0.39 is 30.1 Å². The number of alkyl halides is 4. The number of carbonyl (C=O) groups excluding carboxylic acids is 1. The molecule has 0 bridgehead atoms. The third-order valence-corrected chi connectivity index (χ3v) is 1.96. The Bertz CT molecular complexity index is 435. The number of hydrogen-bond donors (Lipinski definition) is 1. The molecule has 0 saturated heterocycles. The van der Waals surface area contributed by atoms with E-state index in [0.717, 1.165) is 19.1 Å². The van der Waals surface area contributed by atoms with Crippen LogP contribution in [0.4, 0.5) is 23.2 Å². The predicted molar refractivity (Wildman–Crippen MR) is 52.4 cm³/mol. The lowest BCUT2D eigenvalue weighted by Crippen LogP contribution is -2.10. The highest BCUT2D eigenvalue weighted by Gasteiger charge is 2.23. The minimum atomic E-state index is -3.30. The first-order chi connectivity index (χ1) is 7.82. The molecule has 1 rings (SSSR count). The first-order valence-corrected chi connectivity index (χ1v) is 4.50. The number of Topliss-reactive ketones (excluding diaryl/α,β-unsaturated/α-hetero) is 1. The zero-order valence-electron chi connectivity index (χ0n) is 8.72. The summed E-state index contributed by atoms with van der Waals surface area (Å²) in [6, 6.07) is 1.82. The van der Waals surface area contributed by atoms with E-state index in [-0.39, 0.29) is 11.3 Å². The molecule has 0 atom stereocenters.